The van der Waals surface area contributed by atoms with Gasteiger partial charge in [-0.3, -0.25) is 9.00 Å². The van der Waals surface area contributed by atoms with Crippen molar-refractivity contribution in [2.45, 2.75) is 23.8 Å². The molecule has 0 fully saturated rings. The Kier molecular flexibility index (Phi) is 4.88. The molecular weight excluding hydrogens is 310 g/mol. The standard InChI is InChI=1S/C18H19NO3S/c1-23(21)17-9-5-4-8-15(17)19-18(20)12-16-14-7-3-2-6-13(14)10-11-22-16/h2-9,16H,10-12H2,1H3,(H,19,20). The number of para-hydroxylation sites is 1. The summed E-state index contributed by atoms with van der Waals surface area (Å²) >= 11 is 0. The second-order valence-corrected chi connectivity index (χ2v) is 6.86. The van der Waals surface area contributed by atoms with Gasteiger partial charge in [0.2, 0.25) is 5.91 Å². The van der Waals surface area contributed by atoms with Crippen LogP contribution in [0.4, 0.5) is 5.69 Å². The van der Waals surface area contributed by atoms with Gasteiger partial charge in [-0.1, -0.05) is 36.4 Å². The molecule has 1 N–H and O–H groups in total. The number of carbonyl (C=O) groups excluding carboxylic acids is 1. The molecular formula is C18H19NO3S. The van der Waals surface area contributed by atoms with E-state index < -0.39 is 10.8 Å². The molecule has 0 radical (unpaired) electrons. The molecule has 2 atom stereocenters. The summed E-state index contributed by atoms with van der Waals surface area (Å²) in [6.45, 7) is 0.629. The van der Waals surface area contributed by atoms with Crippen LogP contribution in [0.25, 0.3) is 0 Å². The summed E-state index contributed by atoms with van der Waals surface area (Å²) in [5.41, 5.74) is 2.93. The Balaban J connectivity index is 1.73. The van der Waals surface area contributed by atoms with Crippen LogP contribution in [0.15, 0.2) is 53.4 Å². The maximum atomic E-state index is 12.4. The first kappa shape index (κ1) is 15.9. The summed E-state index contributed by atoms with van der Waals surface area (Å²) in [7, 11) is -1.15. The number of rotatable bonds is 4. The zero-order valence-corrected chi connectivity index (χ0v) is 13.8. The zero-order chi connectivity index (χ0) is 16.2. The Morgan fingerprint density at radius 1 is 1.22 bits per heavy atom. The predicted octanol–water partition coefficient (Wildman–Crippen LogP) is 3.07. The van der Waals surface area contributed by atoms with Crippen LogP contribution in [-0.2, 0) is 26.8 Å². The normalized spacial score (nSPS) is 18.0. The fourth-order valence-electron chi connectivity index (χ4n) is 2.84. The van der Waals surface area contributed by atoms with Crippen LogP contribution in [0.3, 0.4) is 0 Å². The minimum absolute atomic E-state index is 0.135. The van der Waals surface area contributed by atoms with Gasteiger partial charge in [0.15, 0.2) is 0 Å². The average molecular weight is 329 g/mol. The Morgan fingerprint density at radius 3 is 2.78 bits per heavy atom. The van der Waals surface area contributed by atoms with Gasteiger partial charge < -0.3 is 10.1 Å². The summed E-state index contributed by atoms with van der Waals surface area (Å²) in [6.07, 6.45) is 2.51. The smallest absolute Gasteiger partial charge is 0.227 e. The fraction of sp³-hybridized carbons (Fsp3) is 0.278. The SMILES string of the molecule is CS(=O)c1ccccc1NC(=O)CC1OCCc2ccccc21. The molecule has 0 aliphatic carbocycles. The van der Waals surface area contributed by atoms with E-state index in [-0.39, 0.29) is 18.4 Å². The van der Waals surface area contributed by atoms with Crippen LogP contribution in [0, 0.1) is 0 Å². The highest BCUT2D eigenvalue weighted by Gasteiger charge is 2.23. The van der Waals surface area contributed by atoms with Crippen LogP contribution >= 0.6 is 0 Å². The molecule has 1 amide bonds. The van der Waals surface area contributed by atoms with Gasteiger partial charge in [0.1, 0.15) is 0 Å². The van der Waals surface area contributed by atoms with E-state index in [4.69, 9.17) is 4.74 Å². The Bertz CT molecular complexity index is 745. The zero-order valence-electron chi connectivity index (χ0n) is 13.0. The Labute approximate surface area is 138 Å². The lowest BCUT2D eigenvalue weighted by Crippen LogP contribution is -2.22. The average Bonchev–Trinajstić information content (AvgIpc) is 2.55. The summed E-state index contributed by atoms with van der Waals surface area (Å²) in [5, 5.41) is 2.86. The number of fused-ring (bicyclic) bond motifs is 1. The summed E-state index contributed by atoms with van der Waals surface area (Å²) in [6, 6.07) is 15.2. The lowest BCUT2D eigenvalue weighted by molar-refractivity contribution is -0.119. The van der Waals surface area contributed by atoms with Crippen molar-refractivity contribution in [3.8, 4) is 0 Å². The van der Waals surface area contributed by atoms with E-state index in [2.05, 4.69) is 11.4 Å². The van der Waals surface area contributed by atoms with Crippen molar-refractivity contribution in [3.05, 3.63) is 59.7 Å². The number of hydrogen-bond acceptors (Lipinski definition) is 3. The molecule has 0 aromatic heterocycles. The van der Waals surface area contributed by atoms with Gasteiger partial charge in [0, 0.05) is 6.26 Å². The largest absolute Gasteiger partial charge is 0.373 e. The molecule has 4 nitrogen and oxygen atoms in total. The molecule has 0 spiro atoms. The molecule has 1 aliphatic rings. The predicted molar refractivity (Wildman–Crippen MR) is 90.9 cm³/mol. The van der Waals surface area contributed by atoms with Crippen molar-refractivity contribution >= 4 is 22.4 Å². The van der Waals surface area contributed by atoms with Gasteiger partial charge in [0.25, 0.3) is 0 Å². The number of benzene rings is 2. The molecule has 23 heavy (non-hydrogen) atoms. The van der Waals surface area contributed by atoms with Crippen LogP contribution in [0.1, 0.15) is 23.7 Å². The van der Waals surface area contributed by atoms with Crippen LogP contribution in [0.2, 0.25) is 0 Å². The molecule has 0 bridgehead atoms. The number of nitrogens with one attached hydrogen (secondary N) is 1. The third kappa shape index (κ3) is 3.68. The molecule has 2 unspecified atom stereocenters. The Morgan fingerprint density at radius 2 is 1.96 bits per heavy atom. The summed E-state index contributed by atoms with van der Waals surface area (Å²) < 4.78 is 17.5. The summed E-state index contributed by atoms with van der Waals surface area (Å²) in [5.74, 6) is -0.135. The highest BCUT2D eigenvalue weighted by molar-refractivity contribution is 7.84. The lowest BCUT2D eigenvalue weighted by Gasteiger charge is -2.25. The lowest BCUT2D eigenvalue weighted by atomic mass is 9.95. The second-order valence-electron chi connectivity index (χ2n) is 5.51. The highest BCUT2D eigenvalue weighted by Crippen LogP contribution is 2.30. The molecule has 2 aromatic carbocycles. The maximum Gasteiger partial charge on any atom is 0.227 e. The van der Waals surface area contributed by atoms with Crippen LogP contribution in [-0.4, -0.2) is 23.0 Å². The molecule has 120 valence electrons. The van der Waals surface area contributed by atoms with Gasteiger partial charge in [-0.2, -0.15) is 0 Å². The van der Waals surface area contributed by atoms with Crippen molar-refractivity contribution in [2.75, 3.05) is 18.2 Å². The molecule has 3 rings (SSSR count). The van der Waals surface area contributed by atoms with Crippen LogP contribution in [0.5, 0.6) is 0 Å². The summed E-state index contributed by atoms with van der Waals surface area (Å²) in [4.78, 5) is 13.0. The number of ether oxygens (including phenoxy) is 1. The molecule has 0 saturated heterocycles. The number of anilines is 1. The van der Waals surface area contributed by atoms with Gasteiger partial charge in [0.05, 0.1) is 40.5 Å². The van der Waals surface area contributed by atoms with Gasteiger partial charge >= 0.3 is 0 Å². The third-order valence-corrected chi connectivity index (χ3v) is 4.91. The topological polar surface area (TPSA) is 55.4 Å². The van der Waals surface area contributed by atoms with Crippen LogP contribution < -0.4 is 5.32 Å². The van der Waals surface area contributed by atoms with E-state index in [1.165, 1.54) is 5.56 Å². The molecule has 1 aliphatic heterocycles. The van der Waals surface area contributed by atoms with Gasteiger partial charge in [-0.25, -0.2) is 0 Å². The number of amides is 1. The van der Waals surface area contributed by atoms with Crippen molar-refractivity contribution in [1.82, 2.24) is 0 Å². The molecule has 0 saturated carbocycles. The van der Waals surface area contributed by atoms with E-state index in [0.717, 1.165) is 12.0 Å². The quantitative estimate of drug-likeness (QED) is 0.938. The van der Waals surface area contributed by atoms with E-state index in [0.29, 0.717) is 17.2 Å². The third-order valence-electron chi connectivity index (χ3n) is 3.93. The second kappa shape index (κ2) is 7.06. The van der Waals surface area contributed by atoms with E-state index in [1.54, 1.807) is 18.4 Å². The van der Waals surface area contributed by atoms with E-state index in [9.17, 15) is 9.00 Å². The molecule has 1 heterocycles. The minimum Gasteiger partial charge on any atom is -0.373 e. The van der Waals surface area contributed by atoms with Crippen molar-refractivity contribution < 1.29 is 13.7 Å². The first-order chi connectivity index (χ1) is 11.1. The van der Waals surface area contributed by atoms with Gasteiger partial charge in [-0.05, 0) is 29.7 Å². The van der Waals surface area contributed by atoms with E-state index in [1.807, 2.05) is 30.3 Å². The highest BCUT2D eigenvalue weighted by atomic mass is 32.2. The van der Waals surface area contributed by atoms with Crippen molar-refractivity contribution in [1.29, 1.82) is 0 Å². The number of hydrogen-bond donors (Lipinski definition) is 1. The molecule has 5 heteroatoms. The monoisotopic (exact) mass is 329 g/mol. The first-order valence-corrected chi connectivity index (χ1v) is 9.12. The fourth-order valence-corrected chi connectivity index (χ4v) is 3.53. The molecule has 2 aromatic rings. The first-order valence-electron chi connectivity index (χ1n) is 7.57. The van der Waals surface area contributed by atoms with E-state index >= 15 is 0 Å². The maximum absolute atomic E-state index is 12.4. The Hall–Kier alpha value is -1.98. The van der Waals surface area contributed by atoms with Gasteiger partial charge in [-0.15, -0.1) is 0 Å². The van der Waals surface area contributed by atoms with Crippen molar-refractivity contribution in [2.24, 2.45) is 0 Å². The number of carbonyl (C=O) groups is 1. The minimum atomic E-state index is -1.15. The van der Waals surface area contributed by atoms with Crippen molar-refractivity contribution in [3.63, 3.8) is 0 Å².